The first-order chi connectivity index (χ1) is 9.72. The average molecular weight is 276 g/mol. The van der Waals surface area contributed by atoms with Gasteiger partial charge in [0.05, 0.1) is 24.2 Å². The number of Topliss-reactive ketones (excluding diaryl/α,β-unsaturated/α-hetero) is 1. The summed E-state index contributed by atoms with van der Waals surface area (Å²) in [6.07, 6.45) is 0.687. The van der Waals surface area contributed by atoms with Crippen molar-refractivity contribution in [3.8, 4) is 0 Å². The molecule has 6 nitrogen and oxygen atoms in total. The van der Waals surface area contributed by atoms with Crippen LogP contribution in [0.5, 0.6) is 0 Å². The van der Waals surface area contributed by atoms with Crippen molar-refractivity contribution in [3.05, 3.63) is 40.3 Å². The zero-order valence-electron chi connectivity index (χ0n) is 11.0. The summed E-state index contributed by atoms with van der Waals surface area (Å²) in [5.41, 5.74) is 0.670. The number of para-hydroxylation sites is 2. The van der Waals surface area contributed by atoms with Gasteiger partial charge in [-0.25, -0.2) is 4.98 Å². The van der Waals surface area contributed by atoms with Crippen LogP contribution in [-0.2, 0) is 4.74 Å². The number of carbonyl (C=O) groups excluding carboxylic acids is 1. The Balaban J connectivity index is 2.06. The van der Waals surface area contributed by atoms with Crippen molar-refractivity contribution in [1.82, 2.24) is 9.97 Å². The fourth-order valence-corrected chi connectivity index (χ4v) is 1.84. The summed E-state index contributed by atoms with van der Waals surface area (Å²) in [5, 5.41) is 8.54. The molecule has 0 aliphatic rings. The number of aliphatic hydroxyl groups is 1. The van der Waals surface area contributed by atoms with Crippen molar-refractivity contribution >= 4 is 16.8 Å². The minimum absolute atomic E-state index is 0.0418. The molecule has 0 saturated carbocycles. The van der Waals surface area contributed by atoms with Crippen LogP contribution in [0.1, 0.15) is 23.3 Å². The summed E-state index contributed by atoms with van der Waals surface area (Å²) in [4.78, 5) is 30.5. The highest BCUT2D eigenvalue weighted by Crippen LogP contribution is 2.07. The topological polar surface area (TPSA) is 92.3 Å². The van der Waals surface area contributed by atoms with Crippen LogP contribution in [0.4, 0.5) is 0 Å². The Morgan fingerprint density at radius 2 is 2.10 bits per heavy atom. The van der Waals surface area contributed by atoms with E-state index in [0.717, 1.165) is 0 Å². The van der Waals surface area contributed by atoms with Gasteiger partial charge < -0.3 is 14.8 Å². The fraction of sp³-hybridized carbons (Fsp3) is 0.357. The van der Waals surface area contributed by atoms with Crippen molar-refractivity contribution in [2.75, 3.05) is 19.8 Å². The van der Waals surface area contributed by atoms with Crippen molar-refractivity contribution in [3.63, 3.8) is 0 Å². The third kappa shape index (κ3) is 3.49. The molecule has 0 radical (unpaired) electrons. The van der Waals surface area contributed by atoms with Crippen LogP contribution in [0.15, 0.2) is 29.1 Å². The Morgan fingerprint density at radius 1 is 1.30 bits per heavy atom. The monoisotopic (exact) mass is 276 g/mol. The van der Waals surface area contributed by atoms with Gasteiger partial charge in [0.2, 0.25) is 0 Å². The number of ether oxygens (including phenoxy) is 1. The predicted molar refractivity (Wildman–Crippen MR) is 73.8 cm³/mol. The van der Waals surface area contributed by atoms with E-state index in [1.54, 1.807) is 24.3 Å². The van der Waals surface area contributed by atoms with E-state index in [2.05, 4.69) is 9.97 Å². The number of benzene rings is 1. The first-order valence-electron chi connectivity index (χ1n) is 6.43. The van der Waals surface area contributed by atoms with E-state index in [4.69, 9.17) is 9.84 Å². The second-order valence-electron chi connectivity index (χ2n) is 4.29. The number of hydrogen-bond donors (Lipinski definition) is 2. The Morgan fingerprint density at radius 3 is 2.90 bits per heavy atom. The summed E-state index contributed by atoms with van der Waals surface area (Å²) in [6.45, 7) is 0.584. The fourth-order valence-electron chi connectivity index (χ4n) is 1.84. The van der Waals surface area contributed by atoms with Gasteiger partial charge in [0.15, 0.2) is 11.5 Å². The van der Waals surface area contributed by atoms with Gasteiger partial charge in [-0.1, -0.05) is 12.1 Å². The average Bonchev–Trinajstić information content (AvgIpc) is 2.46. The zero-order valence-corrected chi connectivity index (χ0v) is 11.0. The minimum Gasteiger partial charge on any atom is -0.394 e. The van der Waals surface area contributed by atoms with E-state index in [1.165, 1.54) is 0 Å². The van der Waals surface area contributed by atoms with Gasteiger partial charge in [0.25, 0.3) is 5.56 Å². The highest BCUT2D eigenvalue weighted by Gasteiger charge is 2.13. The lowest BCUT2D eigenvalue weighted by Gasteiger charge is -2.03. The van der Waals surface area contributed by atoms with Crippen LogP contribution in [0, 0.1) is 0 Å². The molecule has 106 valence electrons. The molecule has 1 aromatic heterocycles. The molecule has 2 rings (SSSR count). The molecule has 20 heavy (non-hydrogen) atoms. The quantitative estimate of drug-likeness (QED) is 0.579. The Hall–Kier alpha value is -2.05. The molecule has 2 N–H and O–H groups in total. The first-order valence-corrected chi connectivity index (χ1v) is 6.43. The van der Waals surface area contributed by atoms with Crippen molar-refractivity contribution in [1.29, 1.82) is 0 Å². The van der Waals surface area contributed by atoms with Crippen LogP contribution >= 0.6 is 0 Å². The number of aliphatic hydroxyl groups excluding tert-OH is 1. The van der Waals surface area contributed by atoms with Crippen LogP contribution in [0.2, 0.25) is 0 Å². The van der Waals surface area contributed by atoms with Gasteiger partial charge in [-0.3, -0.25) is 9.59 Å². The number of carbonyl (C=O) groups is 1. The van der Waals surface area contributed by atoms with Crippen LogP contribution < -0.4 is 5.56 Å². The number of ketones is 1. The summed E-state index contributed by atoms with van der Waals surface area (Å²) >= 11 is 0. The maximum Gasteiger partial charge on any atom is 0.278 e. The number of fused-ring (bicyclic) bond motifs is 1. The molecule has 0 bridgehead atoms. The highest BCUT2D eigenvalue weighted by atomic mass is 16.5. The molecule has 0 aliphatic heterocycles. The number of nitrogens with zero attached hydrogens (tertiary/aromatic N) is 1. The normalized spacial score (nSPS) is 10.8. The second kappa shape index (κ2) is 6.93. The van der Waals surface area contributed by atoms with E-state index >= 15 is 0 Å². The number of aromatic amines is 1. The molecule has 2 aromatic rings. The largest absolute Gasteiger partial charge is 0.394 e. The molecular weight excluding hydrogens is 260 g/mol. The second-order valence-corrected chi connectivity index (χ2v) is 4.29. The maximum atomic E-state index is 12.0. The molecule has 1 heterocycles. The number of aromatic nitrogens is 2. The van der Waals surface area contributed by atoms with Gasteiger partial charge in [-0.15, -0.1) is 0 Å². The molecule has 0 unspecified atom stereocenters. The lowest BCUT2D eigenvalue weighted by atomic mass is 10.1. The molecular formula is C14H16N2O4. The number of H-pyrrole nitrogens is 1. The summed E-state index contributed by atoms with van der Waals surface area (Å²) < 4.78 is 5.06. The van der Waals surface area contributed by atoms with Crippen molar-refractivity contribution in [2.24, 2.45) is 0 Å². The first kappa shape index (κ1) is 14.4. The Kier molecular flexibility index (Phi) is 4.97. The van der Waals surface area contributed by atoms with E-state index in [0.29, 0.717) is 24.1 Å². The van der Waals surface area contributed by atoms with Gasteiger partial charge in [0, 0.05) is 13.0 Å². The van der Waals surface area contributed by atoms with Crippen LogP contribution in [-0.4, -0.2) is 40.7 Å². The third-order valence-corrected chi connectivity index (χ3v) is 2.79. The lowest BCUT2D eigenvalue weighted by Crippen LogP contribution is -2.20. The summed E-state index contributed by atoms with van der Waals surface area (Å²) in [7, 11) is 0. The summed E-state index contributed by atoms with van der Waals surface area (Å²) in [5.74, 6) is -0.301. The van der Waals surface area contributed by atoms with E-state index in [1.807, 2.05) is 0 Å². The van der Waals surface area contributed by atoms with E-state index in [9.17, 15) is 9.59 Å². The van der Waals surface area contributed by atoms with Crippen LogP contribution in [0.25, 0.3) is 11.0 Å². The molecule has 0 spiro atoms. The maximum absolute atomic E-state index is 12.0. The Labute approximate surface area is 115 Å². The molecule has 0 atom stereocenters. The highest BCUT2D eigenvalue weighted by molar-refractivity contribution is 5.95. The minimum atomic E-state index is -0.468. The van der Waals surface area contributed by atoms with Crippen molar-refractivity contribution < 1.29 is 14.6 Å². The SMILES string of the molecule is O=C(CCCOCCO)c1nc2ccccc2[nH]c1=O. The van der Waals surface area contributed by atoms with Gasteiger partial charge in [0.1, 0.15) is 0 Å². The molecule has 0 amide bonds. The number of hydrogen-bond acceptors (Lipinski definition) is 5. The van der Waals surface area contributed by atoms with E-state index in [-0.39, 0.29) is 31.1 Å². The zero-order chi connectivity index (χ0) is 14.4. The number of rotatable bonds is 7. The van der Waals surface area contributed by atoms with Crippen LogP contribution in [0.3, 0.4) is 0 Å². The molecule has 6 heteroatoms. The van der Waals surface area contributed by atoms with Gasteiger partial charge in [-0.05, 0) is 18.6 Å². The standard InChI is InChI=1S/C14H16N2O4/c17-7-9-20-8-3-6-12(18)13-14(19)16-11-5-2-1-4-10(11)15-13/h1-2,4-5,17H,3,6-9H2,(H,16,19). The lowest BCUT2D eigenvalue weighted by molar-refractivity contribution is 0.0829. The van der Waals surface area contributed by atoms with Crippen molar-refractivity contribution in [2.45, 2.75) is 12.8 Å². The molecule has 0 fully saturated rings. The van der Waals surface area contributed by atoms with E-state index < -0.39 is 5.56 Å². The third-order valence-electron chi connectivity index (χ3n) is 2.79. The molecule has 0 saturated heterocycles. The molecule has 1 aromatic carbocycles. The Bertz CT molecular complexity index is 651. The molecule has 0 aliphatic carbocycles. The van der Waals surface area contributed by atoms with Gasteiger partial charge in [-0.2, -0.15) is 0 Å². The van der Waals surface area contributed by atoms with Gasteiger partial charge >= 0.3 is 0 Å². The smallest absolute Gasteiger partial charge is 0.278 e. The summed E-state index contributed by atoms with van der Waals surface area (Å²) in [6, 6.07) is 7.07. The predicted octanol–water partition coefficient (Wildman–Crippen LogP) is 0.895. The number of nitrogens with one attached hydrogen (secondary N) is 1.